The van der Waals surface area contributed by atoms with Crippen molar-refractivity contribution in [1.29, 1.82) is 0 Å². The van der Waals surface area contributed by atoms with Crippen molar-refractivity contribution in [3.8, 4) is 0 Å². The number of aromatic nitrogens is 2. The van der Waals surface area contributed by atoms with Crippen molar-refractivity contribution in [2.75, 3.05) is 11.9 Å². The van der Waals surface area contributed by atoms with Crippen LogP contribution in [0.5, 0.6) is 0 Å². The number of carbonyl (C=O) groups excluding carboxylic acids is 1. The number of amides is 2. The second kappa shape index (κ2) is 6.34. The van der Waals surface area contributed by atoms with E-state index >= 15 is 0 Å². The van der Waals surface area contributed by atoms with Gasteiger partial charge in [-0.3, -0.25) is 4.68 Å². The number of nitrogens with zero attached hydrogens (tertiary/aromatic N) is 3. The average molecular weight is 330 g/mol. The van der Waals surface area contributed by atoms with Crippen LogP contribution in [0.25, 0.3) is 0 Å². The zero-order valence-electron chi connectivity index (χ0n) is 14.8. The van der Waals surface area contributed by atoms with Gasteiger partial charge >= 0.3 is 6.03 Å². The van der Waals surface area contributed by atoms with Gasteiger partial charge in [-0.1, -0.05) is 6.92 Å². The third-order valence-electron chi connectivity index (χ3n) is 4.52. The molecule has 3 rings (SSSR count). The van der Waals surface area contributed by atoms with Gasteiger partial charge in [-0.2, -0.15) is 5.10 Å². The Labute approximate surface area is 142 Å². The molecule has 0 unspecified atom stereocenters. The molecule has 2 aromatic rings. The number of furan rings is 1. The van der Waals surface area contributed by atoms with E-state index in [0.717, 1.165) is 25.1 Å². The normalized spacial score (nSPS) is 21.8. The van der Waals surface area contributed by atoms with Crippen LogP contribution in [-0.4, -0.2) is 27.3 Å². The third-order valence-corrected chi connectivity index (χ3v) is 4.52. The summed E-state index contributed by atoms with van der Waals surface area (Å²) in [6.45, 7) is 9.17. The van der Waals surface area contributed by atoms with E-state index in [-0.39, 0.29) is 17.6 Å². The number of likely N-dealkylation sites (tertiary alicyclic amines) is 1. The van der Waals surface area contributed by atoms with Gasteiger partial charge in [0, 0.05) is 12.7 Å². The molecule has 1 aliphatic rings. The Morgan fingerprint density at radius 1 is 1.42 bits per heavy atom. The van der Waals surface area contributed by atoms with E-state index in [0.29, 0.717) is 11.6 Å². The topological polar surface area (TPSA) is 63.3 Å². The monoisotopic (exact) mass is 330 g/mol. The van der Waals surface area contributed by atoms with Crippen LogP contribution in [0.4, 0.5) is 10.5 Å². The lowest BCUT2D eigenvalue weighted by Gasteiger charge is -2.37. The van der Waals surface area contributed by atoms with Crippen LogP contribution in [0, 0.1) is 5.92 Å². The minimum atomic E-state index is -0.111. The summed E-state index contributed by atoms with van der Waals surface area (Å²) in [5.74, 6) is 1.43. The van der Waals surface area contributed by atoms with Crippen LogP contribution in [0.2, 0.25) is 0 Å². The second-order valence-corrected chi connectivity index (χ2v) is 7.63. The summed E-state index contributed by atoms with van der Waals surface area (Å²) in [4.78, 5) is 14.6. The maximum atomic E-state index is 12.8. The number of anilines is 1. The smallest absolute Gasteiger partial charge is 0.322 e. The predicted molar refractivity (Wildman–Crippen MR) is 92.8 cm³/mol. The van der Waals surface area contributed by atoms with Crippen molar-refractivity contribution in [2.45, 2.75) is 52.1 Å². The van der Waals surface area contributed by atoms with Crippen LogP contribution in [0.3, 0.4) is 0 Å². The molecule has 6 heteroatoms. The molecule has 1 fully saturated rings. The largest absolute Gasteiger partial charge is 0.467 e. The standard InChI is InChI=1S/C18H26N4O2/c1-13-7-8-21(15(10-13)16-6-5-9-24-16)17(23)20-14-11-19-22(12-14)18(2,3)4/h5-6,9,11-13,15H,7-8,10H2,1-4H3,(H,20,23)/t13-,15+/m1/s1. The van der Waals surface area contributed by atoms with Crippen LogP contribution >= 0.6 is 0 Å². The molecule has 2 aromatic heterocycles. The highest BCUT2D eigenvalue weighted by Gasteiger charge is 2.33. The van der Waals surface area contributed by atoms with Gasteiger partial charge in [0.2, 0.25) is 0 Å². The first kappa shape index (κ1) is 16.6. The minimum absolute atomic E-state index is 0.0126. The number of urea groups is 1. The third kappa shape index (κ3) is 3.47. The molecule has 0 spiro atoms. The van der Waals surface area contributed by atoms with Crippen LogP contribution < -0.4 is 5.32 Å². The summed E-state index contributed by atoms with van der Waals surface area (Å²) in [5, 5.41) is 7.30. The quantitative estimate of drug-likeness (QED) is 0.896. The molecule has 1 saturated heterocycles. The summed E-state index contributed by atoms with van der Waals surface area (Å²) in [6.07, 6.45) is 7.15. The number of hydrogen-bond donors (Lipinski definition) is 1. The number of hydrogen-bond acceptors (Lipinski definition) is 3. The summed E-state index contributed by atoms with van der Waals surface area (Å²) >= 11 is 0. The summed E-state index contributed by atoms with van der Waals surface area (Å²) < 4.78 is 7.41. The van der Waals surface area contributed by atoms with E-state index in [1.165, 1.54) is 0 Å². The Kier molecular flexibility index (Phi) is 4.39. The van der Waals surface area contributed by atoms with Crippen molar-refractivity contribution >= 4 is 11.7 Å². The molecule has 0 saturated carbocycles. The van der Waals surface area contributed by atoms with Crippen LogP contribution in [-0.2, 0) is 5.54 Å². The zero-order valence-corrected chi connectivity index (χ0v) is 14.8. The maximum absolute atomic E-state index is 12.8. The lowest BCUT2D eigenvalue weighted by atomic mass is 9.91. The first-order valence-electron chi connectivity index (χ1n) is 8.51. The second-order valence-electron chi connectivity index (χ2n) is 7.63. The molecule has 2 amide bonds. The number of nitrogens with one attached hydrogen (secondary N) is 1. The van der Waals surface area contributed by atoms with Gasteiger partial charge in [-0.25, -0.2) is 4.79 Å². The van der Waals surface area contributed by atoms with Crippen LogP contribution in [0.15, 0.2) is 35.2 Å². The maximum Gasteiger partial charge on any atom is 0.322 e. The van der Waals surface area contributed by atoms with E-state index < -0.39 is 0 Å². The summed E-state index contributed by atoms with van der Waals surface area (Å²) in [5.41, 5.74) is 0.604. The minimum Gasteiger partial charge on any atom is -0.467 e. The highest BCUT2D eigenvalue weighted by molar-refractivity contribution is 5.89. The Balaban J connectivity index is 1.74. The molecule has 24 heavy (non-hydrogen) atoms. The van der Waals surface area contributed by atoms with E-state index in [4.69, 9.17) is 4.42 Å². The fraction of sp³-hybridized carbons (Fsp3) is 0.556. The molecule has 0 bridgehead atoms. The first-order chi connectivity index (χ1) is 11.3. The van der Waals surface area contributed by atoms with Gasteiger partial charge in [-0.05, 0) is 51.7 Å². The number of rotatable bonds is 2. The van der Waals surface area contributed by atoms with Gasteiger partial charge in [0.15, 0.2) is 0 Å². The molecule has 3 heterocycles. The van der Waals surface area contributed by atoms with Crippen molar-refractivity contribution in [2.24, 2.45) is 5.92 Å². The summed E-state index contributed by atoms with van der Waals surface area (Å²) in [6, 6.07) is 3.71. The fourth-order valence-electron chi connectivity index (χ4n) is 3.08. The molecule has 0 radical (unpaired) electrons. The molecule has 0 aromatic carbocycles. The molecule has 1 N–H and O–H groups in total. The van der Waals surface area contributed by atoms with Gasteiger partial charge < -0.3 is 14.6 Å². The Morgan fingerprint density at radius 3 is 2.83 bits per heavy atom. The van der Waals surface area contributed by atoms with Gasteiger partial charge in [0.05, 0.1) is 29.7 Å². The predicted octanol–water partition coefficient (Wildman–Crippen LogP) is 4.24. The van der Waals surface area contributed by atoms with Gasteiger partial charge in [0.25, 0.3) is 0 Å². The Bertz CT molecular complexity index is 684. The number of piperidine rings is 1. The Morgan fingerprint density at radius 2 is 2.21 bits per heavy atom. The molecule has 2 atom stereocenters. The molecular weight excluding hydrogens is 304 g/mol. The lowest BCUT2D eigenvalue weighted by molar-refractivity contribution is 0.129. The zero-order chi connectivity index (χ0) is 17.3. The average Bonchev–Trinajstić information content (AvgIpc) is 3.17. The van der Waals surface area contributed by atoms with Gasteiger partial charge in [-0.15, -0.1) is 0 Å². The van der Waals surface area contributed by atoms with Crippen molar-refractivity contribution in [1.82, 2.24) is 14.7 Å². The lowest BCUT2D eigenvalue weighted by Crippen LogP contribution is -2.42. The molecule has 130 valence electrons. The first-order valence-corrected chi connectivity index (χ1v) is 8.51. The van der Waals surface area contributed by atoms with Crippen LogP contribution in [0.1, 0.15) is 52.3 Å². The highest BCUT2D eigenvalue weighted by atomic mass is 16.3. The highest BCUT2D eigenvalue weighted by Crippen LogP contribution is 2.34. The number of carbonyl (C=O) groups is 1. The van der Waals surface area contributed by atoms with Crippen molar-refractivity contribution < 1.29 is 9.21 Å². The molecule has 1 aliphatic heterocycles. The molecule has 0 aliphatic carbocycles. The summed E-state index contributed by atoms with van der Waals surface area (Å²) in [7, 11) is 0. The van der Waals surface area contributed by atoms with Gasteiger partial charge in [0.1, 0.15) is 5.76 Å². The van der Waals surface area contributed by atoms with E-state index in [1.54, 1.807) is 12.5 Å². The Hall–Kier alpha value is -2.24. The van der Waals surface area contributed by atoms with E-state index in [9.17, 15) is 4.79 Å². The SMILES string of the molecule is C[C@@H]1CCN(C(=O)Nc2cnn(C(C)(C)C)c2)[C@H](c2ccco2)C1. The van der Waals surface area contributed by atoms with Crippen molar-refractivity contribution in [3.05, 3.63) is 36.5 Å². The van der Waals surface area contributed by atoms with E-state index in [2.05, 4.69) is 38.1 Å². The fourth-order valence-corrected chi connectivity index (χ4v) is 3.08. The van der Waals surface area contributed by atoms with Crippen molar-refractivity contribution in [3.63, 3.8) is 0 Å². The molecule has 6 nitrogen and oxygen atoms in total. The van der Waals surface area contributed by atoms with E-state index in [1.807, 2.05) is 27.9 Å². The molecular formula is C18H26N4O2.